The first kappa shape index (κ1) is 16.2. The molecule has 6 nitrogen and oxygen atoms in total. The van der Waals surface area contributed by atoms with Crippen LogP contribution in [0.1, 0.15) is 11.3 Å². The summed E-state index contributed by atoms with van der Waals surface area (Å²) in [6, 6.07) is 16.7. The van der Waals surface area contributed by atoms with Gasteiger partial charge >= 0.3 is 0 Å². The highest BCUT2D eigenvalue weighted by molar-refractivity contribution is 6.32. The highest BCUT2D eigenvalue weighted by Gasteiger charge is 2.13. The molecule has 0 saturated carbocycles. The SMILES string of the molecule is Cc1nn(-c2ccccc2)c(Cl)c1/C=N/n1cnc2ccccc2c1=O. The monoisotopic (exact) mass is 363 g/mol. The van der Waals surface area contributed by atoms with Crippen molar-refractivity contribution in [1.29, 1.82) is 0 Å². The lowest BCUT2D eigenvalue weighted by atomic mass is 10.2. The van der Waals surface area contributed by atoms with Crippen LogP contribution in [0.2, 0.25) is 5.15 Å². The van der Waals surface area contributed by atoms with Crippen LogP contribution in [0.3, 0.4) is 0 Å². The standard InChI is InChI=1S/C19H14ClN5O/c1-13-16(18(20)25(23-13)14-7-3-2-4-8-14)11-22-24-12-21-17-10-6-5-9-15(17)19(24)26/h2-12H,1H3/b22-11+. The third-order valence-electron chi connectivity index (χ3n) is 4.01. The number of fused-ring (bicyclic) bond motifs is 1. The smallest absolute Gasteiger partial charge is 0.267 e. The Morgan fingerprint density at radius 1 is 1.08 bits per heavy atom. The summed E-state index contributed by atoms with van der Waals surface area (Å²) < 4.78 is 2.83. The molecule has 0 amide bonds. The topological polar surface area (TPSA) is 65.1 Å². The first-order chi connectivity index (χ1) is 12.6. The van der Waals surface area contributed by atoms with Crippen LogP contribution in [-0.4, -0.2) is 25.7 Å². The second-order valence-corrected chi connectivity index (χ2v) is 6.05. The number of nitrogens with zero attached hydrogens (tertiary/aromatic N) is 5. The molecule has 0 aliphatic carbocycles. The van der Waals surface area contributed by atoms with Gasteiger partial charge in [-0.05, 0) is 31.2 Å². The van der Waals surface area contributed by atoms with Gasteiger partial charge in [-0.3, -0.25) is 4.79 Å². The average molecular weight is 364 g/mol. The highest BCUT2D eigenvalue weighted by atomic mass is 35.5. The fraction of sp³-hybridized carbons (Fsp3) is 0.0526. The Labute approximate surface area is 154 Å². The Morgan fingerprint density at radius 2 is 1.81 bits per heavy atom. The molecule has 0 unspecified atom stereocenters. The van der Waals surface area contributed by atoms with Crippen molar-refractivity contribution in [2.45, 2.75) is 6.92 Å². The first-order valence-corrected chi connectivity index (χ1v) is 8.34. The van der Waals surface area contributed by atoms with Gasteiger partial charge in [-0.25, -0.2) is 9.67 Å². The Kier molecular flexibility index (Phi) is 4.10. The largest absolute Gasteiger partial charge is 0.281 e. The lowest BCUT2D eigenvalue weighted by Gasteiger charge is -2.02. The van der Waals surface area contributed by atoms with Gasteiger partial charge in [-0.1, -0.05) is 41.9 Å². The summed E-state index contributed by atoms with van der Waals surface area (Å²) in [4.78, 5) is 16.7. The van der Waals surface area contributed by atoms with Crippen LogP contribution in [0, 0.1) is 6.92 Å². The summed E-state index contributed by atoms with van der Waals surface area (Å²) in [5, 5.41) is 9.63. The zero-order valence-corrected chi connectivity index (χ0v) is 14.6. The Bertz CT molecular complexity index is 1180. The van der Waals surface area contributed by atoms with E-state index in [9.17, 15) is 4.79 Å². The zero-order valence-electron chi connectivity index (χ0n) is 13.9. The molecular weight excluding hydrogens is 350 g/mol. The molecule has 0 atom stereocenters. The number of para-hydroxylation sites is 2. The maximum atomic E-state index is 12.5. The molecule has 0 radical (unpaired) electrons. The van der Waals surface area contributed by atoms with Crippen molar-refractivity contribution in [3.8, 4) is 5.69 Å². The molecule has 0 aliphatic rings. The Morgan fingerprint density at radius 3 is 2.62 bits per heavy atom. The van der Waals surface area contributed by atoms with E-state index < -0.39 is 0 Å². The summed E-state index contributed by atoms with van der Waals surface area (Å²) >= 11 is 6.47. The summed E-state index contributed by atoms with van der Waals surface area (Å²) in [6.45, 7) is 1.84. The summed E-state index contributed by atoms with van der Waals surface area (Å²) in [5.74, 6) is 0. The number of aryl methyl sites for hydroxylation is 1. The van der Waals surface area contributed by atoms with E-state index in [4.69, 9.17) is 11.6 Å². The molecular formula is C19H14ClN5O. The molecule has 7 heteroatoms. The minimum atomic E-state index is -0.240. The fourth-order valence-corrected chi connectivity index (χ4v) is 2.98. The Hall–Kier alpha value is -3.25. The normalized spacial score (nSPS) is 11.5. The molecule has 0 saturated heterocycles. The molecule has 128 valence electrons. The highest BCUT2D eigenvalue weighted by Crippen LogP contribution is 2.21. The van der Waals surface area contributed by atoms with E-state index >= 15 is 0 Å². The number of hydrogen-bond donors (Lipinski definition) is 0. The van der Waals surface area contributed by atoms with Gasteiger partial charge in [0.05, 0.1) is 34.1 Å². The van der Waals surface area contributed by atoms with Crippen LogP contribution >= 0.6 is 11.6 Å². The summed E-state index contributed by atoms with van der Waals surface area (Å²) in [7, 11) is 0. The molecule has 2 aromatic heterocycles. The Balaban J connectivity index is 1.75. The van der Waals surface area contributed by atoms with Crippen LogP contribution in [0.5, 0.6) is 0 Å². The molecule has 0 fully saturated rings. The predicted molar refractivity (Wildman–Crippen MR) is 102 cm³/mol. The van der Waals surface area contributed by atoms with Gasteiger partial charge in [0.1, 0.15) is 11.5 Å². The van der Waals surface area contributed by atoms with Crippen molar-refractivity contribution in [2.24, 2.45) is 5.10 Å². The van der Waals surface area contributed by atoms with Crippen molar-refractivity contribution in [2.75, 3.05) is 0 Å². The molecule has 4 aromatic rings. The molecule has 0 N–H and O–H groups in total. The molecule has 0 aliphatic heterocycles. The molecule has 2 heterocycles. The average Bonchev–Trinajstić information content (AvgIpc) is 2.96. The molecule has 0 spiro atoms. The van der Waals surface area contributed by atoms with Crippen LogP contribution in [-0.2, 0) is 0 Å². The third kappa shape index (κ3) is 2.80. The predicted octanol–water partition coefficient (Wildman–Crippen LogP) is 3.43. The number of hydrogen-bond acceptors (Lipinski definition) is 4. The second-order valence-electron chi connectivity index (χ2n) is 5.69. The van der Waals surface area contributed by atoms with Crippen molar-refractivity contribution in [3.63, 3.8) is 0 Å². The number of rotatable bonds is 3. The zero-order chi connectivity index (χ0) is 18.1. The van der Waals surface area contributed by atoms with Crippen molar-refractivity contribution in [1.82, 2.24) is 19.4 Å². The van der Waals surface area contributed by atoms with E-state index in [-0.39, 0.29) is 5.56 Å². The van der Waals surface area contributed by atoms with E-state index in [1.54, 1.807) is 22.9 Å². The van der Waals surface area contributed by atoms with Crippen LogP contribution in [0.4, 0.5) is 0 Å². The first-order valence-electron chi connectivity index (χ1n) is 7.96. The lowest BCUT2D eigenvalue weighted by molar-refractivity contribution is 0.817. The van der Waals surface area contributed by atoms with Crippen molar-refractivity contribution in [3.05, 3.63) is 87.7 Å². The summed E-state index contributed by atoms with van der Waals surface area (Å²) in [6.07, 6.45) is 2.92. The van der Waals surface area contributed by atoms with Gasteiger partial charge in [0, 0.05) is 0 Å². The number of aromatic nitrogens is 4. The minimum absolute atomic E-state index is 0.240. The van der Waals surface area contributed by atoms with Crippen LogP contribution in [0.15, 0.2) is 70.8 Å². The molecule has 4 rings (SSSR count). The van der Waals surface area contributed by atoms with Crippen molar-refractivity contribution >= 4 is 28.7 Å². The van der Waals surface area contributed by atoms with E-state index in [0.717, 1.165) is 5.69 Å². The fourth-order valence-electron chi connectivity index (χ4n) is 2.66. The molecule has 2 aromatic carbocycles. The lowest BCUT2D eigenvalue weighted by Crippen LogP contribution is -2.17. The van der Waals surface area contributed by atoms with Crippen LogP contribution < -0.4 is 5.56 Å². The molecule has 0 bridgehead atoms. The van der Waals surface area contributed by atoms with Crippen molar-refractivity contribution < 1.29 is 0 Å². The quantitative estimate of drug-likeness (QED) is 0.524. The van der Waals surface area contributed by atoms with Gasteiger partial charge in [-0.15, -0.1) is 0 Å². The second kappa shape index (κ2) is 6.57. The maximum Gasteiger partial charge on any atom is 0.281 e. The molecule has 26 heavy (non-hydrogen) atoms. The van der Waals surface area contributed by atoms with Gasteiger partial charge in [0.25, 0.3) is 5.56 Å². The number of halogens is 1. The minimum Gasteiger partial charge on any atom is -0.267 e. The van der Waals surface area contributed by atoms with Gasteiger partial charge in [0.15, 0.2) is 0 Å². The number of benzene rings is 2. The third-order valence-corrected chi connectivity index (χ3v) is 4.37. The van der Waals surface area contributed by atoms with E-state index in [1.165, 1.54) is 17.2 Å². The van der Waals surface area contributed by atoms with E-state index in [2.05, 4.69) is 15.2 Å². The van der Waals surface area contributed by atoms with Gasteiger partial charge in [-0.2, -0.15) is 14.9 Å². The van der Waals surface area contributed by atoms with E-state index in [0.29, 0.717) is 27.3 Å². The maximum absolute atomic E-state index is 12.5. The van der Waals surface area contributed by atoms with Gasteiger partial charge < -0.3 is 0 Å². The van der Waals surface area contributed by atoms with Gasteiger partial charge in [0.2, 0.25) is 0 Å². The van der Waals surface area contributed by atoms with E-state index in [1.807, 2.05) is 43.3 Å². The van der Waals surface area contributed by atoms with Crippen LogP contribution in [0.25, 0.3) is 16.6 Å². The summed E-state index contributed by atoms with van der Waals surface area (Å²) in [5.41, 5.74) is 2.61.